The van der Waals surface area contributed by atoms with Crippen LogP contribution in [0.3, 0.4) is 0 Å². The van der Waals surface area contributed by atoms with Crippen LogP contribution in [0, 0.1) is 6.92 Å². The first-order valence-corrected chi connectivity index (χ1v) is 10.6. The lowest BCUT2D eigenvalue weighted by Gasteiger charge is -2.09. The van der Waals surface area contributed by atoms with Crippen LogP contribution in [-0.2, 0) is 16.2 Å². The van der Waals surface area contributed by atoms with Crippen molar-refractivity contribution in [2.24, 2.45) is 0 Å². The van der Waals surface area contributed by atoms with Gasteiger partial charge in [0.1, 0.15) is 11.5 Å². The first kappa shape index (κ1) is 21.1. The summed E-state index contributed by atoms with van der Waals surface area (Å²) < 4.78 is 70.5. The Morgan fingerprint density at radius 1 is 1.06 bits per heavy atom. The highest BCUT2D eigenvalue weighted by molar-refractivity contribution is 7.89. The molecule has 4 aromatic rings. The quantitative estimate of drug-likeness (QED) is 0.400. The molecule has 2 heterocycles. The minimum absolute atomic E-state index is 0.235. The van der Waals surface area contributed by atoms with Gasteiger partial charge in [0.2, 0.25) is 0 Å². The van der Waals surface area contributed by atoms with Crippen molar-refractivity contribution >= 4 is 21.6 Å². The van der Waals surface area contributed by atoms with Gasteiger partial charge in [-0.3, -0.25) is 0 Å². The Hall–Kier alpha value is -3.11. The van der Waals surface area contributed by atoms with Gasteiger partial charge in [-0.25, -0.2) is 0 Å². The molecular formula is C20H13ClF3N3O3S. The molecule has 0 radical (unpaired) electrons. The summed E-state index contributed by atoms with van der Waals surface area (Å²) in [6.07, 6.45) is -3.52. The zero-order chi connectivity index (χ0) is 22.4. The lowest BCUT2D eigenvalue weighted by molar-refractivity contribution is -0.137. The second kappa shape index (κ2) is 7.54. The summed E-state index contributed by atoms with van der Waals surface area (Å²) in [5, 5.41) is 8.63. The minimum Gasteiger partial charge on any atom is -0.360 e. The second-order valence-corrected chi connectivity index (χ2v) is 8.81. The molecule has 31 heavy (non-hydrogen) atoms. The number of aryl methyl sites for hydroxylation is 1. The van der Waals surface area contributed by atoms with Gasteiger partial charge in [0.15, 0.2) is 0 Å². The van der Waals surface area contributed by atoms with Gasteiger partial charge in [0.05, 0.1) is 21.7 Å². The Morgan fingerprint density at radius 3 is 2.45 bits per heavy atom. The van der Waals surface area contributed by atoms with Gasteiger partial charge in [-0.1, -0.05) is 35.0 Å². The van der Waals surface area contributed by atoms with E-state index in [-0.39, 0.29) is 5.69 Å². The lowest BCUT2D eigenvalue weighted by Crippen LogP contribution is -2.15. The normalized spacial score (nSPS) is 12.3. The number of aromatic nitrogens is 3. The van der Waals surface area contributed by atoms with E-state index in [1.807, 2.05) is 0 Å². The zero-order valence-electron chi connectivity index (χ0n) is 15.8. The summed E-state index contributed by atoms with van der Waals surface area (Å²) in [7, 11) is -4.35. The van der Waals surface area contributed by atoms with Crippen molar-refractivity contribution in [3.05, 3.63) is 77.1 Å². The van der Waals surface area contributed by atoms with Crippen LogP contribution in [-0.4, -0.2) is 22.8 Å². The van der Waals surface area contributed by atoms with E-state index in [0.717, 1.165) is 24.4 Å². The third kappa shape index (κ3) is 3.96. The fourth-order valence-electron chi connectivity index (χ4n) is 2.99. The van der Waals surface area contributed by atoms with Crippen molar-refractivity contribution in [3.63, 3.8) is 0 Å². The summed E-state index contributed by atoms with van der Waals surface area (Å²) in [5.74, 6) is 0.395. The van der Waals surface area contributed by atoms with Gasteiger partial charge in [-0.15, -0.1) is 0 Å². The van der Waals surface area contributed by atoms with Crippen molar-refractivity contribution in [3.8, 4) is 22.5 Å². The zero-order valence-corrected chi connectivity index (χ0v) is 17.3. The number of hydrogen-bond acceptors (Lipinski definition) is 5. The molecule has 0 aliphatic rings. The van der Waals surface area contributed by atoms with Crippen LogP contribution in [0.15, 0.2) is 70.2 Å². The summed E-state index contributed by atoms with van der Waals surface area (Å²) in [4.78, 5) is -0.531. The van der Waals surface area contributed by atoms with E-state index in [4.69, 9.17) is 16.1 Å². The van der Waals surface area contributed by atoms with E-state index in [1.54, 1.807) is 31.2 Å². The summed E-state index contributed by atoms with van der Waals surface area (Å²) in [6.45, 7) is 1.64. The van der Waals surface area contributed by atoms with Gasteiger partial charge in [-0.2, -0.15) is 30.8 Å². The summed E-state index contributed by atoms with van der Waals surface area (Å²) in [5.41, 5.74) is 0.725. The monoisotopic (exact) mass is 467 g/mol. The number of alkyl halides is 3. The van der Waals surface area contributed by atoms with Crippen LogP contribution in [0.1, 0.15) is 11.3 Å². The average molecular weight is 468 g/mol. The second-order valence-electron chi connectivity index (χ2n) is 6.57. The van der Waals surface area contributed by atoms with Gasteiger partial charge in [-0.05, 0) is 43.3 Å². The van der Waals surface area contributed by atoms with Crippen LogP contribution in [0.4, 0.5) is 13.2 Å². The van der Waals surface area contributed by atoms with E-state index < -0.39 is 26.7 Å². The van der Waals surface area contributed by atoms with E-state index in [0.29, 0.717) is 37.8 Å². The topological polar surface area (TPSA) is 78.0 Å². The fraction of sp³-hybridized carbons (Fsp3) is 0.100. The predicted molar refractivity (Wildman–Crippen MR) is 107 cm³/mol. The smallest absolute Gasteiger partial charge is 0.360 e. The van der Waals surface area contributed by atoms with Crippen molar-refractivity contribution in [1.29, 1.82) is 0 Å². The molecule has 0 aliphatic heterocycles. The maximum absolute atomic E-state index is 13.0. The van der Waals surface area contributed by atoms with E-state index in [2.05, 4.69) is 10.3 Å². The fourth-order valence-corrected chi connectivity index (χ4v) is 4.28. The molecule has 2 aromatic heterocycles. The predicted octanol–water partition coefficient (Wildman–Crippen LogP) is 5.42. The third-order valence-electron chi connectivity index (χ3n) is 4.51. The number of halogens is 4. The summed E-state index contributed by atoms with van der Waals surface area (Å²) in [6, 6.07) is 11.7. The Labute approximate surface area is 179 Å². The molecule has 160 valence electrons. The van der Waals surface area contributed by atoms with Gasteiger partial charge in [0.25, 0.3) is 10.0 Å². The molecule has 0 fully saturated rings. The van der Waals surface area contributed by atoms with E-state index >= 15 is 0 Å². The molecule has 11 heteroatoms. The molecule has 6 nitrogen and oxygen atoms in total. The highest BCUT2D eigenvalue weighted by Crippen LogP contribution is 2.35. The van der Waals surface area contributed by atoms with Gasteiger partial charge in [0, 0.05) is 16.8 Å². The Morgan fingerprint density at radius 2 is 1.77 bits per heavy atom. The third-order valence-corrected chi connectivity index (χ3v) is 6.31. The Bertz CT molecular complexity index is 1360. The standard InChI is InChI=1S/C20H13ClF3N3O3S/c1-12-18(19(26-30-12)13-5-7-15(21)8-6-13)17-9-10-27(25-17)31(28,29)16-4-2-3-14(11-16)20(22,23)24/h2-11H,1H3. The Kier molecular flexibility index (Phi) is 5.14. The lowest BCUT2D eigenvalue weighted by atomic mass is 10.0. The van der Waals surface area contributed by atoms with Crippen LogP contribution >= 0.6 is 11.6 Å². The molecule has 0 bridgehead atoms. The molecule has 0 saturated heterocycles. The van der Waals surface area contributed by atoms with Crippen LogP contribution in [0.25, 0.3) is 22.5 Å². The van der Waals surface area contributed by atoms with Crippen molar-refractivity contribution in [1.82, 2.24) is 14.3 Å². The number of hydrogen-bond donors (Lipinski definition) is 0. The SMILES string of the molecule is Cc1onc(-c2ccc(Cl)cc2)c1-c1ccn(S(=O)(=O)c2cccc(C(F)(F)F)c2)n1. The van der Waals surface area contributed by atoms with Crippen molar-refractivity contribution in [2.75, 3.05) is 0 Å². The van der Waals surface area contributed by atoms with Crippen LogP contribution in [0.2, 0.25) is 5.02 Å². The molecule has 2 aromatic carbocycles. The average Bonchev–Trinajstić information content (AvgIpc) is 3.35. The van der Waals surface area contributed by atoms with Crippen molar-refractivity contribution < 1.29 is 26.1 Å². The highest BCUT2D eigenvalue weighted by atomic mass is 35.5. The molecule has 0 atom stereocenters. The molecule has 4 rings (SSSR count). The molecule has 0 N–H and O–H groups in total. The number of nitrogens with zero attached hydrogens (tertiary/aromatic N) is 3. The molecule has 0 amide bonds. The maximum atomic E-state index is 13.0. The molecular weight excluding hydrogens is 455 g/mol. The largest absolute Gasteiger partial charge is 0.416 e. The first-order chi connectivity index (χ1) is 14.6. The van der Waals surface area contributed by atoms with Gasteiger partial charge >= 0.3 is 6.18 Å². The molecule has 0 spiro atoms. The van der Waals surface area contributed by atoms with Gasteiger partial charge < -0.3 is 4.52 Å². The Balaban J connectivity index is 1.76. The van der Waals surface area contributed by atoms with Crippen LogP contribution in [0.5, 0.6) is 0 Å². The highest BCUT2D eigenvalue weighted by Gasteiger charge is 2.32. The molecule has 0 aliphatic carbocycles. The van der Waals surface area contributed by atoms with Crippen molar-refractivity contribution in [2.45, 2.75) is 18.0 Å². The number of benzene rings is 2. The molecule has 0 unspecified atom stereocenters. The minimum atomic E-state index is -4.67. The van der Waals surface area contributed by atoms with E-state index in [1.165, 1.54) is 6.07 Å². The van der Waals surface area contributed by atoms with Crippen LogP contribution < -0.4 is 0 Å². The first-order valence-electron chi connectivity index (χ1n) is 8.78. The number of rotatable bonds is 4. The maximum Gasteiger partial charge on any atom is 0.416 e. The summed E-state index contributed by atoms with van der Waals surface area (Å²) >= 11 is 5.92. The van der Waals surface area contributed by atoms with E-state index in [9.17, 15) is 21.6 Å². The molecule has 0 saturated carbocycles.